The number of aliphatic hydroxyl groups is 2. The summed E-state index contributed by atoms with van der Waals surface area (Å²) in [7, 11) is 0. The van der Waals surface area contributed by atoms with Crippen molar-refractivity contribution in [1.29, 1.82) is 0 Å². The Morgan fingerprint density at radius 2 is 1.76 bits per heavy atom. The van der Waals surface area contributed by atoms with E-state index in [1.54, 1.807) is 6.92 Å². The summed E-state index contributed by atoms with van der Waals surface area (Å²) in [5, 5.41) is 17.7. The van der Waals surface area contributed by atoms with Crippen LogP contribution in [0.1, 0.15) is 65.9 Å². The maximum atomic E-state index is 8.37. The Labute approximate surface area is 273 Å². The molecule has 0 amide bonds. The number of aliphatic hydroxyl groups excluding tert-OH is 2. The van der Waals surface area contributed by atoms with Crippen LogP contribution >= 0.6 is 0 Å². The smallest absolute Gasteiger partial charge is 0.472 e. The zero-order chi connectivity index (χ0) is 27.5. The van der Waals surface area contributed by atoms with Crippen LogP contribution in [0.2, 0.25) is 0 Å². The molecule has 0 unspecified atom stereocenters. The first-order valence-electron chi connectivity index (χ1n) is 13.6. The van der Waals surface area contributed by atoms with Crippen LogP contribution in [-0.4, -0.2) is 82.7 Å². The van der Waals surface area contributed by atoms with Crippen molar-refractivity contribution in [2.75, 3.05) is 51.7 Å². The molecule has 208 valence electrons. The quantitative estimate of drug-likeness (QED) is 0.180. The Morgan fingerprint density at radius 3 is 2.32 bits per heavy atom. The van der Waals surface area contributed by atoms with Gasteiger partial charge >= 0.3 is 51.4 Å². The summed E-state index contributed by atoms with van der Waals surface area (Å²) in [5.41, 5.74) is 8.63. The molecule has 4 N–H and O–H groups in total. The molecule has 1 aliphatic rings. The molecule has 0 bridgehead atoms. The second-order valence-electron chi connectivity index (χ2n) is 11.4. The van der Waals surface area contributed by atoms with Gasteiger partial charge in [0.2, 0.25) is 0 Å². The third-order valence-corrected chi connectivity index (χ3v) is 6.66. The molecule has 1 fully saturated rings. The van der Waals surface area contributed by atoms with E-state index in [1.807, 2.05) is 0 Å². The largest absolute Gasteiger partial charge is 1.00 e. The number of aryl methyl sites for hydroxylation is 1. The zero-order valence-corrected chi connectivity index (χ0v) is 27.8. The van der Waals surface area contributed by atoms with Crippen LogP contribution in [0.25, 0.3) is 10.9 Å². The van der Waals surface area contributed by atoms with Crippen molar-refractivity contribution < 1.29 is 61.6 Å². The minimum Gasteiger partial charge on any atom is -0.472 e. The van der Waals surface area contributed by atoms with Gasteiger partial charge in [-0.25, -0.2) is 6.07 Å². The summed E-state index contributed by atoms with van der Waals surface area (Å²) >= 11 is 0. The van der Waals surface area contributed by atoms with Crippen molar-refractivity contribution >= 4 is 28.6 Å². The second-order valence-corrected chi connectivity index (χ2v) is 11.4. The van der Waals surface area contributed by atoms with Gasteiger partial charge in [-0.15, -0.1) is 28.6 Å². The van der Waals surface area contributed by atoms with Crippen molar-refractivity contribution in [3.05, 3.63) is 36.8 Å². The van der Waals surface area contributed by atoms with E-state index in [0.29, 0.717) is 11.5 Å². The van der Waals surface area contributed by atoms with Crippen LogP contribution in [0.4, 0.5) is 11.5 Å². The first-order chi connectivity index (χ1) is 17.5. The molecule has 0 spiro atoms. The second kappa shape index (κ2) is 17.4. The van der Waals surface area contributed by atoms with Gasteiger partial charge in [0.1, 0.15) is 0 Å². The number of rotatable bonds is 10. The third kappa shape index (κ3) is 12.4. The molecule has 0 aliphatic carbocycles. The van der Waals surface area contributed by atoms with E-state index in [2.05, 4.69) is 84.9 Å². The van der Waals surface area contributed by atoms with Crippen molar-refractivity contribution in [3.63, 3.8) is 0 Å². The molecule has 0 atom stereocenters. The molecule has 7 nitrogen and oxygen atoms in total. The average molecular weight is 550 g/mol. The Bertz CT molecular complexity index is 977. The normalized spacial score (nSPS) is 15.4. The molecule has 1 saturated heterocycles. The monoisotopic (exact) mass is 549 g/mol. The number of fused-ring (bicyclic) bond motifs is 1. The van der Waals surface area contributed by atoms with Crippen LogP contribution in [0.15, 0.2) is 23.2 Å². The Balaban J connectivity index is 0.000000797. The molecular weight excluding hydrogens is 501 g/mol. The number of nitrogens with two attached hydrogens (primary N) is 1. The summed E-state index contributed by atoms with van der Waals surface area (Å²) in [6.45, 7) is 20.0. The number of pyridine rings is 1. The number of anilines is 1. The molecule has 1 aromatic heterocycles. The number of hydrogen-bond donors (Lipinski definition) is 3. The van der Waals surface area contributed by atoms with Gasteiger partial charge in [0.05, 0.1) is 0 Å². The van der Waals surface area contributed by atoms with E-state index in [0.717, 1.165) is 49.6 Å². The van der Waals surface area contributed by atoms with Crippen molar-refractivity contribution in [3.8, 4) is 0 Å². The summed E-state index contributed by atoms with van der Waals surface area (Å²) in [6, 6.07) is 9.71. The standard InChI is InChI=1S/C25H37N5.C5H11O2.K/c1-5-6-7-12-27-23-19-21-11-10-20(18-22(21)28-24(23)26)9-8-13-29-14-16-30(17-15-29)25(2,3)4;1-5(2,3-6)4-7;/h10-11,18H,5-9,13-17H2,1-4H3,(H2,26,28);6-7H,1,3-4H2,2H3;/q-2;-1;+1. The maximum absolute atomic E-state index is 8.37. The molecule has 1 aliphatic heterocycles. The van der Waals surface area contributed by atoms with Crippen LogP contribution in [-0.2, 0) is 6.42 Å². The number of aromatic nitrogens is 1. The molecule has 2 aromatic rings. The number of piperazine rings is 1. The first kappa shape index (κ1) is 35.6. The number of aliphatic imine (C=N–C) groups is 1. The number of nitrogens with zero attached hydrogens (tertiary/aromatic N) is 4. The van der Waals surface area contributed by atoms with Gasteiger partial charge in [-0.05, 0) is 51.5 Å². The summed E-state index contributed by atoms with van der Waals surface area (Å²) < 4.78 is 0. The first-order valence-corrected chi connectivity index (χ1v) is 13.6. The van der Waals surface area contributed by atoms with Gasteiger partial charge in [-0.1, -0.05) is 44.7 Å². The number of hydrogen-bond acceptors (Lipinski definition) is 7. The molecule has 38 heavy (non-hydrogen) atoms. The van der Waals surface area contributed by atoms with Gasteiger partial charge in [-0.3, -0.25) is 4.90 Å². The topological polar surface area (TPSA) is 98.2 Å². The van der Waals surface area contributed by atoms with Gasteiger partial charge in [0.25, 0.3) is 0 Å². The fraction of sp³-hybridized carbons (Fsp3) is 0.633. The molecule has 8 heteroatoms. The zero-order valence-electron chi connectivity index (χ0n) is 24.7. The van der Waals surface area contributed by atoms with Crippen LogP contribution < -0.4 is 57.1 Å². The minimum absolute atomic E-state index is 0. The fourth-order valence-corrected chi connectivity index (χ4v) is 3.98. The molecule has 0 saturated carbocycles. The molecule has 2 heterocycles. The van der Waals surface area contributed by atoms with Crippen LogP contribution in [0.3, 0.4) is 0 Å². The van der Waals surface area contributed by atoms with Crippen molar-refractivity contribution in [2.24, 2.45) is 10.4 Å². The Morgan fingerprint density at radius 1 is 1.11 bits per heavy atom. The van der Waals surface area contributed by atoms with Crippen LogP contribution in [0, 0.1) is 18.4 Å². The Hall–Kier alpha value is -0.424. The van der Waals surface area contributed by atoms with E-state index in [4.69, 9.17) is 15.9 Å². The SMILES string of the molecule is CCCC[C-]=Nc1[c-]c2ccc(CCCN3CCN(C(C)(C)C)CC3)cc2nc1N.[CH2-]C(C)(CO)CO.[K+]. The molecular formula is C30H48KN5O2-2. The predicted molar refractivity (Wildman–Crippen MR) is 155 cm³/mol. The number of nitrogen functional groups attached to an aromatic ring is 1. The predicted octanol–water partition coefficient (Wildman–Crippen LogP) is 1.55. The van der Waals surface area contributed by atoms with E-state index in [9.17, 15) is 0 Å². The van der Waals surface area contributed by atoms with Gasteiger partial charge < -0.3 is 37.7 Å². The van der Waals surface area contributed by atoms with E-state index in [-0.39, 0.29) is 70.1 Å². The van der Waals surface area contributed by atoms with E-state index >= 15 is 0 Å². The van der Waals surface area contributed by atoms with Gasteiger partial charge in [0.15, 0.2) is 0 Å². The van der Waals surface area contributed by atoms with E-state index in [1.165, 1.54) is 31.7 Å². The molecule has 1 aromatic carbocycles. The fourth-order valence-electron chi connectivity index (χ4n) is 3.98. The van der Waals surface area contributed by atoms with Crippen molar-refractivity contribution in [2.45, 2.75) is 72.3 Å². The number of unbranched alkanes of at least 4 members (excludes halogenated alkanes) is 2. The van der Waals surface area contributed by atoms with Crippen molar-refractivity contribution in [1.82, 2.24) is 14.8 Å². The molecule has 3 rings (SSSR count). The average Bonchev–Trinajstić information content (AvgIpc) is 2.87. The Kier molecular flexibility index (Phi) is 16.3. The number of benzene rings is 1. The third-order valence-electron chi connectivity index (χ3n) is 6.66. The van der Waals surface area contributed by atoms with E-state index < -0.39 is 5.41 Å². The summed E-state index contributed by atoms with van der Waals surface area (Å²) in [6.07, 6.45) is 8.33. The minimum atomic E-state index is -0.556. The van der Waals surface area contributed by atoms with Crippen LogP contribution in [0.5, 0.6) is 0 Å². The van der Waals surface area contributed by atoms with Gasteiger partial charge in [0, 0.05) is 44.9 Å². The summed E-state index contributed by atoms with van der Waals surface area (Å²) in [4.78, 5) is 14.1. The van der Waals surface area contributed by atoms with Gasteiger partial charge in [-0.2, -0.15) is 6.21 Å². The summed E-state index contributed by atoms with van der Waals surface area (Å²) in [5.74, 6) is 0.431. The maximum Gasteiger partial charge on any atom is 1.00 e. The molecule has 0 radical (unpaired) electrons.